The number of rotatable bonds is 8. The van der Waals surface area contributed by atoms with Gasteiger partial charge in [-0.3, -0.25) is 9.18 Å². The molecule has 0 aromatic heterocycles. The Bertz CT molecular complexity index is 869. The Balaban J connectivity index is 1.61. The molecule has 2 aromatic carbocycles. The number of hydrogen-bond acceptors (Lipinski definition) is 3. The predicted molar refractivity (Wildman–Crippen MR) is 110 cm³/mol. The number of alkyl halides is 1. The third-order valence-electron chi connectivity index (χ3n) is 5.34. The molecule has 0 bridgehead atoms. The summed E-state index contributed by atoms with van der Waals surface area (Å²) in [5.41, 5.74) is 5.44. The third-order valence-corrected chi connectivity index (χ3v) is 5.56. The highest BCUT2D eigenvalue weighted by atomic mass is 35.5. The van der Waals surface area contributed by atoms with Gasteiger partial charge in [0.05, 0.1) is 6.67 Å². The van der Waals surface area contributed by atoms with E-state index in [4.69, 9.17) is 11.6 Å². The Morgan fingerprint density at radius 2 is 2.00 bits per heavy atom. The SMILES string of the molecule is O=C(NCCCF)[C@H](Nc1ccc2c(c1)CNC2)c1cc(Cl)cc(C2CC2)c1. The molecule has 2 aliphatic rings. The van der Waals surface area contributed by atoms with Crippen LogP contribution in [0, 0.1) is 0 Å². The molecule has 0 unspecified atom stereocenters. The number of carbonyl (C=O) groups excluding carboxylic acids is 1. The van der Waals surface area contributed by atoms with Crippen LogP contribution >= 0.6 is 11.6 Å². The fourth-order valence-electron chi connectivity index (χ4n) is 3.69. The van der Waals surface area contributed by atoms with E-state index in [1.54, 1.807) is 0 Å². The summed E-state index contributed by atoms with van der Waals surface area (Å²) in [7, 11) is 0. The Hall–Kier alpha value is -2.11. The molecule has 28 heavy (non-hydrogen) atoms. The first-order chi connectivity index (χ1) is 13.6. The second kappa shape index (κ2) is 8.50. The second-order valence-corrected chi connectivity index (χ2v) is 8.03. The van der Waals surface area contributed by atoms with Gasteiger partial charge in [-0.25, -0.2) is 0 Å². The molecule has 3 N–H and O–H groups in total. The predicted octanol–water partition coefficient (Wildman–Crippen LogP) is 4.45. The second-order valence-electron chi connectivity index (χ2n) is 7.59. The van der Waals surface area contributed by atoms with Gasteiger partial charge in [0.25, 0.3) is 0 Å². The lowest BCUT2D eigenvalue weighted by Gasteiger charge is -2.21. The van der Waals surface area contributed by atoms with Gasteiger partial charge in [-0.2, -0.15) is 0 Å². The summed E-state index contributed by atoms with van der Waals surface area (Å²) in [6, 6.07) is 11.5. The van der Waals surface area contributed by atoms with Crippen LogP contribution in [0.3, 0.4) is 0 Å². The molecular formula is C22H25ClFN3O. The molecule has 148 valence electrons. The molecule has 0 spiro atoms. The van der Waals surface area contributed by atoms with Crippen molar-refractivity contribution >= 4 is 23.2 Å². The maximum Gasteiger partial charge on any atom is 0.247 e. The third kappa shape index (κ3) is 4.47. The van der Waals surface area contributed by atoms with Crippen LogP contribution in [0.4, 0.5) is 10.1 Å². The summed E-state index contributed by atoms with van der Waals surface area (Å²) < 4.78 is 12.5. The van der Waals surface area contributed by atoms with Crippen molar-refractivity contribution in [2.24, 2.45) is 0 Å². The normalized spacial score (nSPS) is 16.5. The molecule has 1 amide bonds. The molecular weight excluding hydrogens is 377 g/mol. The number of fused-ring (bicyclic) bond motifs is 1. The van der Waals surface area contributed by atoms with Crippen LogP contribution in [0.15, 0.2) is 36.4 Å². The molecule has 1 heterocycles. The first kappa shape index (κ1) is 19.2. The summed E-state index contributed by atoms with van der Waals surface area (Å²) in [5.74, 6) is 0.370. The van der Waals surface area contributed by atoms with Crippen molar-refractivity contribution in [3.63, 3.8) is 0 Å². The lowest BCUT2D eigenvalue weighted by Crippen LogP contribution is -2.34. The summed E-state index contributed by atoms with van der Waals surface area (Å²) in [5, 5.41) is 10.2. The van der Waals surface area contributed by atoms with Crippen LogP contribution in [0.5, 0.6) is 0 Å². The molecule has 1 fully saturated rings. The van der Waals surface area contributed by atoms with Crippen molar-refractivity contribution in [2.45, 2.75) is 44.3 Å². The van der Waals surface area contributed by atoms with E-state index >= 15 is 0 Å². The van der Waals surface area contributed by atoms with Gasteiger partial charge in [0.1, 0.15) is 6.04 Å². The minimum Gasteiger partial charge on any atom is -0.370 e. The monoisotopic (exact) mass is 401 g/mol. The number of nitrogens with one attached hydrogen (secondary N) is 3. The fourth-order valence-corrected chi connectivity index (χ4v) is 3.94. The molecule has 4 nitrogen and oxygen atoms in total. The zero-order valence-electron chi connectivity index (χ0n) is 15.7. The topological polar surface area (TPSA) is 53.2 Å². The molecule has 4 rings (SSSR count). The lowest BCUT2D eigenvalue weighted by molar-refractivity contribution is -0.121. The van der Waals surface area contributed by atoms with E-state index in [9.17, 15) is 9.18 Å². The highest BCUT2D eigenvalue weighted by Crippen LogP contribution is 2.42. The quantitative estimate of drug-likeness (QED) is 0.573. The number of benzene rings is 2. The molecule has 1 aliphatic heterocycles. The van der Waals surface area contributed by atoms with Gasteiger partial charge in [-0.15, -0.1) is 0 Å². The first-order valence-corrected chi connectivity index (χ1v) is 10.2. The number of amides is 1. The Morgan fingerprint density at radius 1 is 1.18 bits per heavy atom. The van der Waals surface area contributed by atoms with Crippen LogP contribution < -0.4 is 16.0 Å². The summed E-state index contributed by atoms with van der Waals surface area (Å²) in [4.78, 5) is 12.9. The van der Waals surface area contributed by atoms with E-state index < -0.39 is 12.7 Å². The minimum atomic E-state index is -0.580. The largest absolute Gasteiger partial charge is 0.370 e. The molecule has 1 atom stereocenters. The van der Waals surface area contributed by atoms with Gasteiger partial charge in [-0.1, -0.05) is 23.7 Å². The average molecular weight is 402 g/mol. The summed E-state index contributed by atoms with van der Waals surface area (Å²) in [6.07, 6.45) is 2.64. The number of hydrogen-bond donors (Lipinski definition) is 3. The van der Waals surface area contributed by atoms with Gasteiger partial charge < -0.3 is 16.0 Å². The van der Waals surface area contributed by atoms with Crippen molar-refractivity contribution in [3.8, 4) is 0 Å². The number of halogens is 2. The molecule has 0 radical (unpaired) electrons. The van der Waals surface area contributed by atoms with Gasteiger partial charge in [0.2, 0.25) is 5.91 Å². The van der Waals surface area contributed by atoms with Gasteiger partial charge in [0, 0.05) is 30.3 Å². The standard InChI is InChI=1S/C22H25ClFN3O/c23-19-9-16(14-2-3-14)8-17(10-19)21(22(28)26-7-1-6-24)27-20-5-4-15-12-25-13-18(15)11-20/h4-5,8-11,14,21,25,27H,1-3,6-7,12-13H2,(H,26,28)/t21-/m1/s1. The zero-order valence-corrected chi connectivity index (χ0v) is 16.5. The van der Waals surface area contributed by atoms with Crippen molar-refractivity contribution in [1.82, 2.24) is 10.6 Å². The number of carbonyl (C=O) groups is 1. The van der Waals surface area contributed by atoms with Crippen molar-refractivity contribution in [2.75, 3.05) is 18.5 Å². The van der Waals surface area contributed by atoms with Crippen molar-refractivity contribution in [1.29, 1.82) is 0 Å². The van der Waals surface area contributed by atoms with Gasteiger partial charge in [-0.05, 0) is 71.7 Å². The molecule has 2 aromatic rings. The van der Waals surface area contributed by atoms with Crippen LogP contribution in [-0.2, 0) is 17.9 Å². The van der Waals surface area contributed by atoms with Crippen molar-refractivity contribution in [3.05, 3.63) is 63.7 Å². The molecule has 6 heteroatoms. The van der Waals surface area contributed by atoms with E-state index in [-0.39, 0.29) is 5.91 Å². The number of anilines is 1. The first-order valence-electron chi connectivity index (χ1n) is 9.87. The Kier molecular flexibility index (Phi) is 5.83. The van der Waals surface area contributed by atoms with E-state index in [0.29, 0.717) is 23.9 Å². The summed E-state index contributed by atoms with van der Waals surface area (Å²) in [6.45, 7) is 1.58. The maximum absolute atomic E-state index is 12.9. The van der Waals surface area contributed by atoms with E-state index in [1.165, 1.54) is 29.5 Å². The average Bonchev–Trinajstić information content (AvgIpc) is 3.43. The van der Waals surface area contributed by atoms with E-state index in [2.05, 4.69) is 34.1 Å². The highest BCUT2D eigenvalue weighted by Gasteiger charge is 2.27. The Labute approximate surface area is 169 Å². The highest BCUT2D eigenvalue weighted by molar-refractivity contribution is 6.30. The molecule has 1 aliphatic carbocycles. The van der Waals surface area contributed by atoms with Crippen LogP contribution in [-0.4, -0.2) is 19.1 Å². The Morgan fingerprint density at radius 3 is 2.79 bits per heavy atom. The summed E-state index contributed by atoms with van der Waals surface area (Å²) >= 11 is 6.36. The molecule has 0 saturated heterocycles. The van der Waals surface area contributed by atoms with Crippen LogP contribution in [0.25, 0.3) is 0 Å². The molecule has 1 saturated carbocycles. The van der Waals surface area contributed by atoms with Crippen LogP contribution in [0.1, 0.15) is 53.5 Å². The fraction of sp³-hybridized carbons (Fsp3) is 0.409. The smallest absolute Gasteiger partial charge is 0.247 e. The lowest BCUT2D eigenvalue weighted by atomic mass is 10.00. The van der Waals surface area contributed by atoms with Crippen molar-refractivity contribution < 1.29 is 9.18 Å². The van der Waals surface area contributed by atoms with Gasteiger partial charge >= 0.3 is 0 Å². The van der Waals surface area contributed by atoms with E-state index in [0.717, 1.165) is 24.3 Å². The van der Waals surface area contributed by atoms with Crippen LogP contribution in [0.2, 0.25) is 5.02 Å². The van der Waals surface area contributed by atoms with Gasteiger partial charge in [0.15, 0.2) is 0 Å². The zero-order chi connectivity index (χ0) is 19.5. The maximum atomic E-state index is 12.9. The minimum absolute atomic E-state index is 0.170. The van der Waals surface area contributed by atoms with E-state index in [1.807, 2.05) is 18.2 Å².